The van der Waals surface area contributed by atoms with Crippen LogP contribution in [0.25, 0.3) is 0 Å². The van der Waals surface area contributed by atoms with E-state index < -0.39 is 0 Å². The minimum atomic E-state index is -0.138. The van der Waals surface area contributed by atoms with Crippen LogP contribution in [0, 0.1) is 17.7 Å². The fraction of sp³-hybridized carbons (Fsp3) is 0.625. The molecule has 1 unspecified atom stereocenters. The summed E-state index contributed by atoms with van der Waals surface area (Å²) in [5.74, 6) is 1.30. The Morgan fingerprint density at radius 3 is 2.63 bits per heavy atom. The van der Waals surface area contributed by atoms with Crippen LogP contribution in [0.4, 0.5) is 4.39 Å². The van der Waals surface area contributed by atoms with Gasteiger partial charge in [-0.05, 0) is 54.9 Å². The molecule has 1 fully saturated rings. The van der Waals surface area contributed by atoms with Gasteiger partial charge in [-0.2, -0.15) is 0 Å². The molecule has 2 N–H and O–H groups in total. The van der Waals surface area contributed by atoms with E-state index in [0.717, 1.165) is 16.0 Å². The first-order valence-electron chi connectivity index (χ1n) is 7.29. The molecule has 19 heavy (non-hydrogen) atoms. The summed E-state index contributed by atoms with van der Waals surface area (Å²) in [6.07, 6.45) is 6.91. The van der Waals surface area contributed by atoms with E-state index in [1.165, 1.54) is 38.2 Å². The predicted octanol–water partition coefficient (Wildman–Crippen LogP) is 4.67. The summed E-state index contributed by atoms with van der Waals surface area (Å²) in [6.45, 7) is 2.27. The lowest BCUT2D eigenvalue weighted by Crippen LogP contribution is -2.35. The zero-order valence-electron chi connectivity index (χ0n) is 11.5. The van der Waals surface area contributed by atoms with Crippen LogP contribution < -0.4 is 5.73 Å². The first kappa shape index (κ1) is 15.0. The Morgan fingerprint density at radius 2 is 2.00 bits per heavy atom. The van der Waals surface area contributed by atoms with Crippen LogP contribution in [0.3, 0.4) is 0 Å². The lowest BCUT2D eigenvalue weighted by atomic mass is 9.76. The highest BCUT2D eigenvalue weighted by atomic mass is 79.9. The molecule has 1 aromatic rings. The van der Waals surface area contributed by atoms with Gasteiger partial charge in [-0.15, -0.1) is 0 Å². The van der Waals surface area contributed by atoms with E-state index >= 15 is 0 Å². The zero-order chi connectivity index (χ0) is 13.8. The van der Waals surface area contributed by atoms with Crippen molar-refractivity contribution < 1.29 is 4.39 Å². The minimum absolute atomic E-state index is 0.0848. The average Bonchev–Trinajstić information content (AvgIpc) is 2.43. The Bertz CT molecular complexity index is 413. The summed E-state index contributed by atoms with van der Waals surface area (Å²) in [5.41, 5.74) is 7.04. The van der Waals surface area contributed by atoms with Crippen molar-refractivity contribution in [3.63, 3.8) is 0 Å². The van der Waals surface area contributed by atoms with Gasteiger partial charge in [-0.25, -0.2) is 4.39 Å². The maximum Gasteiger partial charge on any atom is 0.126 e. The molecule has 0 bridgehead atoms. The number of benzene rings is 1. The number of hydrogen-bond donors (Lipinski definition) is 1. The molecule has 1 aliphatic carbocycles. The molecule has 1 saturated carbocycles. The molecule has 2 rings (SSSR count). The van der Waals surface area contributed by atoms with Crippen LogP contribution in [-0.2, 0) is 6.42 Å². The molecule has 0 saturated heterocycles. The van der Waals surface area contributed by atoms with Gasteiger partial charge in [-0.3, -0.25) is 0 Å². The SMILES string of the molecule is CCC1CCC(C(N)Cc2cc(Br)ccc2F)CC1. The quantitative estimate of drug-likeness (QED) is 0.854. The molecule has 0 heterocycles. The van der Waals surface area contributed by atoms with Crippen LogP contribution >= 0.6 is 15.9 Å². The van der Waals surface area contributed by atoms with Crippen LogP contribution in [0.1, 0.15) is 44.6 Å². The number of hydrogen-bond acceptors (Lipinski definition) is 1. The molecule has 1 atom stereocenters. The van der Waals surface area contributed by atoms with E-state index in [1.807, 2.05) is 6.07 Å². The lowest BCUT2D eigenvalue weighted by Gasteiger charge is -2.31. The summed E-state index contributed by atoms with van der Waals surface area (Å²) in [4.78, 5) is 0. The Morgan fingerprint density at radius 1 is 1.32 bits per heavy atom. The van der Waals surface area contributed by atoms with Gasteiger partial charge in [0.25, 0.3) is 0 Å². The highest BCUT2D eigenvalue weighted by Gasteiger charge is 2.25. The summed E-state index contributed by atoms with van der Waals surface area (Å²) < 4.78 is 14.7. The van der Waals surface area contributed by atoms with E-state index in [4.69, 9.17) is 5.73 Å². The maximum absolute atomic E-state index is 13.7. The van der Waals surface area contributed by atoms with Crippen LogP contribution in [0.2, 0.25) is 0 Å². The summed E-state index contributed by atoms with van der Waals surface area (Å²) in [5, 5.41) is 0. The normalized spacial score (nSPS) is 25.3. The molecule has 0 spiro atoms. The van der Waals surface area contributed by atoms with Crippen LogP contribution in [0.15, 0.2) is 22.7 Å². The van der Waals surface area contributed by atoms with Crippen molar-refractivity contribution in [3.8, 4) is 0 Å². The van der Waals surface area contributed by atoms with Gasteiger partial charge in [0.05, 0.1) is 0 Å². The van der Waals surface area contributed by atoms with E-state index in [2.05, 4.69) is 22.9 Å². The van der Waals surface area contributed by atoms with Crippen molar-refractivity contribution in [1.29, 1.82) is 0 Å². The highest BCUT2D eigenvalue weighted by molar-refractivity contribution is 9.10. The Kier molecular flexibility index (Phi) is 5.40. The van der Waals surface area contributed by atoms with Crippen molar-refractivity contribution in [3.05, 3.63) is 34.1 Å². The van der Waals surface area contributed by atoms with Crippen molar-refractivity contribution in [1.82, 2.24) is 0 Å². The van der Waals surface area contributed by atoms with Crippen LogP contribution in [0.5, 0.6) is 0 Å². The third kappa shape index (κ3) is 4.03. The second-order valence-corrected chi connectivity index (χ2v) is 6.71. The topological polar surface area (TPSA) is 26.0 Å². The summed E-state index contributed by atoms with van der Waals surface area (Å²) in [7, 11) is 0. The van der Waals surface area contributed by atoms with Crippen LogP contribution in [-0.4, -0.2) is 6.04 Å². The van der Waals surface area contributed by atoms with E-state index in [-0.39, 0.29) is 11.9 Å². The van der Waals surface area contributed by atoms with Crippen molar-refractivity contribution in [2.75, 3.05) is 0 Å². The van der Waals surface area contributed by atoms with Gasteiger partial charge in [0.1, 0.15) is 5.82 Å². The van der Waals surface area contributed by atoms with E-state index in [0.29, 0.717) is 12.3 Å². The van der Waals surface area contributed by atoms with Gasteiger partial charge in [-0.1, -0.05) is 42.1 Å². The third-order valence-electron chi connectivity index (χ3n) is 4.54. The van der Waals surface area contributed by atoms with E-state index in [1.54, 1.807) is 6.07 Å². The monoisotopic (exact) mass is 327 g/mol. The summed E-state index contributed by atoms with van der Waals surface area (Å²) >= 11 is 3.39. The smallest absolute Gasteiger partial charge is 0.126 e. The molecule has 3 heteroatoms. The van der Waals surface area contributed by atoms with Gasteiger partial charge in [0.15, 0.2) is 0 Å². The fourth-order valence-corrected chi connectivity index (χ4v) is 3.55. The highest BCUT2D eigenvalue weighted by Crippen LogP contribution is 2.33. The Labute approximate surface area is 123 Å². The number of rotatable bonds is 4. The molecular weight excluding hydrogens is 305 g/mol. The summed E-state index contributed by atoms with van der Waals surface area (Å²) in [6, 6.07) is 5.19. The van der Waals surface area contributed by atoms with Gasteiger partial charge >= 0.3 is 0 Å². The standard InChI is InChI=1S/C16H23BrFN/c1-2-11-3-5-12(6-4-11)16(19)10-13-9-14(17)7-8-15(13)18/h7-9,11-12,16H,2-6,10,19H2,1H3. The molecule has 0 amide bonds. The molecule has 1 nitrogen and oxygen atoms in total. The minimum Gasteiger partial charge on any atom is -0.327 e. The van der Waals surface area contributed by atoms with Crippen molar-refractivity contribution >= 4 is 15.9 Å². The molecule has 0 aliphatic heterocycles. The van der Waals surface area contributed by atoms with Gasteiger partial charge in [0, 0.05) is 10.5 Å². The molecular formula is C16H23BrFN. The molecule has 1 aliphatic rings. The maximum atomic E-state index is 13.7. The zero-order valence-corrected chi connectivity index (χ0v) is 13.1. The van der Waals surface area contributed by atoms with Gasteiger partial charge in [0.2, 0.25) is 0 Å². The second-order valence-electron chi connectivity index (χ2n) is 5.79. The molecule has 106 valence electrons. The molecule has 0 radical (unpaired) electrons. The lowest BCUT2D eigenvalue weighted by molar-refractivity contribution is 0.237. The van der Waals surface area contributed by atoms with Crippen molar-refractivity contribution in [2.24, 2.45) is 17.6 Å². The molecule has 1 aromatic carbocycles. The number of halogens is 2. The fourth-order valence-electron chi connectivity index (χ4n) is 3.14. The third-order valence-corrected chi connectivity index (χ3v) is 5.03. The van der Waals surface area contributed by atoms with Crippen molar-refractivity contribution in [2.45, 2.75) is 51.5 Å². The Hall–Kier alpha value is -0.410. The first-order valence-corrected chi connectivity index (χ1v) is 8.09. The number of nitrogens with two attached hydrogens (primary N) is 1. The molecule has 0 aromatic heterocycles. The first-order chi connectivity index (χ1) is 9.10. The predicted molar refractivity (Wildman–Crippen MR) is 81.5 cm³/mol. The largest absolute Gasteiger partial charge is 0.327 e. The Balaban J connectivity index is 1.94. The second kappa shape index (κ2) is 6.85. The van der Waals surface area contributed by atoms with Gasteiger partial charge < -0.3 is 5.73 Å². The van der Waals surface area contributed by atoms with E-state index in [9.17, 15) is 4.39 Å². The average molecular weight is 328 g/mol.